The minimum Gasteiger partial charge on any atom is -0.464 e. The van der Waals surface area contributed by atoms with Crippen LogP contribution in [0.25, 0.3) is 0 Å². The predicted molar refractivity (Wildman–Crippen MR) is 35.3 cm³/mol. The fourth-order valence-electron chi connectivity index (χ4n) is 0.680. The van der Waals surface area contributed by atoms with Crippen molar-refractivity contribution in [1.29, 1.82) is 0 Å². The molecule has 0 aliphatic carbocycles. The molecule has 0 radical (unpaired) electrons. The Morgan fingerprint density at radius 3 is 3.00 bits per heavy atom. The zero-order valence-electron chi connectivity index (χ0n) is 5.63. The number of isocyanates is 1. The van der Waals surface area contributed by atoms with Crippen molar-refractivity contribution in [3.8, 4) is 0 Å². The molecule has 0 unspecified atom stereocenters. The van der Waals surface area contributed by atoms with Crippen molar-refractivity contribution in [2.45, 2.75) is 13.5 Å². The van der Waals surface area contributed by atoms with Crippen molar-refractivity contribution in [3.63, 3.8) is 0 Å². The maximum absolute atomic E-state index is 9.65. The summed E-state index contributed by atoms with van der Waals surface area (Å²) in [5, 5.41) is 0. The summed E-state index contributed by atoms with van der Waals surface area (Å²) < 4.78 is 5.11. The molecule has 1 aromatic rings. The number of furan rings is 1. The fraction of sp³-hybridized carbons (Fsp3) is 0.286. The first kappa shape index (κ1) is 6.78. The topological polar surface area (TPSA) is 42.6 Å². The van der Waals surface area contributed by atoms with Crippen LogP contribution < -0.4 is 0 Å². The van der Waals surface area contributed by atoms with E-state index in [0.717, 1.165) is 5.76 Å². The molecular formula is C7H7NO2. The highest BCUT2D eigenvalue weighted by Crippen LogP contribution is 2.06. The van der Waals surface area contributed by atoms with E-state index in [4.69, 9.17) is 4.42 Å². The lowest BCUT2D eigenvalue weighted by atomic mass is 10.4. The summed E-state index contributed by atoms with van der Waals surface area (Å²) in [4.78, 5) is 13.0. The second-order valence-electron chi connectivity index (χ2n) is 1.92. The molecule has 0 aromatic carbocycles. The first-order valence-electron chi connectivity index (χ1n) is 2.92. The van der Waals surface area contributed by atoms with Crippen LogP contribution in [0.3, 0.4) is 0 Å². The van der Waals surface area contributed by atoms with Crippen LogP contribution in [0.4, 0.5) is 0 Å². The van der Waals surface area contributed by atoms with E-state index in [1.165, 1.54) is 6.08 Å². The second kappa shape index (κ2) is 2.99. The van der Waals surface area contributed by atoms with Crippen molar-refractivity contribution in [2.75, 3.05) is 0 Å². The van der Waals surface area contributed by atoms with Crippen LogP contribution in [0.15, 0.2) is 21.5 Å². The number of hydrogen-bond donors (Lipinski definition) is 0. The highest BCUT2D eigenvalue weighted by Gasteiger charge is 1.94. The Morgan fingerprint density at radius 1 is 1.70 bits per heavy atom. The molecule has 0 saturated carbocycles. The number of aliphatic imine (C=N–C) groups is 1. The van der Waals surface area contributed by atoms with Crippen molar-refractivity contribution < 1.29 is 9.21 Å². The molecule has 0 saturated heterocycles. The quantitative estimate of drug-likeness (QED) is 0.457. The summed E-state index contributed by atoms with van der Waals surface area (Å²) in [6.07, 6.45) is 1.44. The van der Waals surface area contributed by atoms with Gasteiger partial charge in [-0.05, 0) is 19.1 Å². The van der Waals surface area contributed by atoms with Crippen LogP contribution in [0, 0.1) is 6.92 Å². The van der Waals surface area contributed by atoms with Gasteiger partial charge in [-0.15, -0.1) is 0 Å². The van der Waals surface area contributed by atoms with Crippen LogP contribution in [0.5, 0.6) is 0 Å². The maximum Gasteiger partial charge on any atom is 0.235 e. The molecule has 0 aliphatic rings. The van der Waals surface area contributed by atoms with Gasteiger partial charge in [-0.25, -0.2) is 4.79 Å². The summed E-state index contributed by atoms with van der Waals surface area (Å²) in [5.74, 6) is 1.52. The summed E-state index contributed by atoms with van der Waals surface area (Å²) in [7, 11) is 0. The first-order valence-corrected chi connectivity index (χ1v) is 2.92. The number of nitrogens with zero attached hydrogens (tertiary/aromatic N) is 1. The van der Waals surface area contributed by atoms with Gasteiger partial charge in [0.1, 0.15) is 18.1 Å². The Kier molecular flexibility index (Phi) is 2.03. The van der Waals surface area contributed by atoms with Crippen LogP contribution >= 0.6 is 0 Å². The summed E-state index contributed by atoms with van der Waals surface area (Å²) in [5.41, 5.74) is 0. The molecule has 1 rings (SSSR count). The van der Waals surface area contributed by atoms with E-state index in [1.807, 2.05) is 13.0 Å². The first-order chi connectivity index (χ1) is 4.83. The molecular weight excluding hydrogens is 130 g/mol. The van der Waals surface area contributed by atoms with Crippen LogP contribution in [0.1, 0.15) is 11.5 Å². The van der Waals surface area contributed by atoms with Gasteiger partial charge >= 0.3 is 0 Å². The van der Waals surface area contributed by atoms with Crippen molar-refractivity contribution in [1.82, 2.24) is 0 Å². The predicted octanol–water partition coefficient (Wildman–Crippen LogP) is 1.42. The third-order valence-corrected chi connectivity index (χ3v) is 1.10. The standard InChI is InChI=1S/C7H7NO2/c1-6-2-3-7(10-6)4-8-5-9/h2-3H,4H2,1H3. The van der Waals surface area contributed by atoms with Gasteiger partial charge in [0, 0.05) is 0 Å². The summed E-state index contributed by atoms with van der Waals surface area (Å²) in [6, 6.07) is 3.62. The molecule has 1 heterocycles. The third kappa shape index (κ3) is 1.57. The molecule has 1 aromatic heterocycles. The van der Waals surface area contributed by atoms with Gasteiger partial charge in [0.15, 0.2) is 0 Å². The zero-order valence-corrected chi connectivity index (χ0v) is 5.63. The molecule has 0 fully saturated rings. The van der Waals surface area contributed by atoms with Gasteiger partial charge in [-0.2, -0.15) is 4.99 Å². The van der Waals surface area contributed by atoms with Crippen molar-refractivity contribution in [3.05, 3.63) is 23.7 Å². The summed E-state index contributed by atoms with van der Waals surface area (Å²) in [6.45, 7) is 2.13. The fourth-order valence-corrected chi connectivity index (χ4v) is 0.680. The van der Waals surface area contributed by atoms with E-state index in [2.05, 4.69) is 4.99 Å². The lowest BCUT2D eigenvalue weighted by Gasteiger charge is -1.83. The van der Waals surface area contributed by atoms with E-state index in [0.29, 0.717) is 5.76 Å². The minimum absolute atomic E-state index is 0.289. The lowest BCUT2D eigenvalue weighted by Crippen LogP contribution is -1.72. The van der Waals surface area contributed by atoms with Crippen LogP contribution in [-0.4, -0.2) is 6.08 Å². The van der Waals surface area contributed by atoms with Gasteiger partial charge in [0.25, 0.3) is 0 Å². The van der Waals surface area contributed by atoms with Gasteiger partial charge in [0.05, 0.1) is 0 Å². The van der Waals surface area contributed by atoms with Gasteiger partial charge < -0.3 is 4.42 Å². The SMILES string of the molecule is Cc1ccc(CN=C=O)o1. The Morgan fingerprint density at radius 2 is 2.50 bits per heavy atom. The molecule has 3 heteroatoms. The van der Waals surface area contributed by atoms with E-state index in [-0.39, 0.29) is 6.54 Å². The van der Waals surface area contributed by atoms with Crippen molar-refractivity contribution in [2.24, 2.45) is 4.99 Å². The zero-order chi connectivity index (χ0) is 7.40. The lowest BCUT2D eigenvalue weighted by molar-refractivity contribution is 0.484. The maximum atomic E-state index is 9.65. The smallest absolute Gasteiger partial charge is 0.235 e. The number of carbonyl (C=O) groups excluding carboxylic acids is 1. The Labute approximate surface area is 58.4 Å². The molecule has 0 N–H and O–H groups in total. The second-order valence-corrected chi connectivity index (χ2v) is 1.92. The monoisotopic (exact) mass is 137 g/mol. The van der Waals surface area contributed by atoms with Crippen molar-refractivity contribution >= 4 is 6.08 Å². The average molecular weight is 137 g/mol. The van der Waals surface area contributed by atoms with Gasteiger partial charge in [0.2, 0.25) is 6.08 Å². The largest absolute Gasteiger partial charge is 0.464 e. The number of rotatable bonds is 2. The Balaban J connectivity index is 2.66. The molecule has 0 atom stereocenters. The summed E-state index contributed by atoms with van der Waals surface area (Å²) >= 11 is 0. The minimum atomic E-state index is 0.289. The van der Waals surface area contributed by atoms with Crippen LogP contribution in [0.2, 0.25) is 0 Å². The van der Waals surface area contributed by atoms with Gasteiger partial charge in [-0.1, -0.05) is 0 Å². The molecule has 52 valence electrons. The molecule has 0 bridgehead atoms. The molecule has 0 amide bonds. The normalized spacial score (nSPS) is 8.90. The molecule has 3 nitrogen and oxygen atoms in total. The molecule has 0 aliphatic heterocycles. The Hall–Kier alpha value is -1.34. The number of hydrogen-bond acceptors (Lipinski definition) is 3. The van der Waals surface area contributed by atoms with E-state index >= 15 is 0 Å². The highest BCUT2D eigenvalue weighted by atomic mass is 16.3. The van der Waals surface area contributed by atoms with Crippen LogP contribution in [-0.2, 0) is 11.3 Å². The average Bonchev–Trinajstić information content (AvgIpc) is 2.31. The van der Waals surface area contributed by atoms with E-state index in [1.54, 1.807) is 6.07 Å². The van der Waals surface area contributed by atoms with E-state index in [9.17, 15) is 4.79 Å². The van der Waals surface area contributed by atoms with Gasteiger partial charge in [-0.3, -0.25) is 0 Å². The highest BCUT2D eigenvalue weighted by molar-refractivity contribution is 5.33. The molecule has 0 spiro atoms. The third-order valence-electron chi connectivity index (χ3n) is 1.10. The molecule has 10 heavy (non-hydrogen) atoms. The Bertz CT molecular complexity index is 258. The van der Waals surface area contributed by atoms with E-state index < -0.39 is 0 Å². The number of aryl methyl sites for hydroxylation is 1.